The van der Waals surface area contributed by atoms with Crippen LogP contribution < -0.4 is 5.32 Å². The maximum absolute atomic E-state index is 12.2. The lowest BCUT2D eigenvalue weighted by Gasteiger charge is -2.17. The summed E-state index contributed by atoms with van der Waals surface area (Å²) < 4.78 is 0. The molecule has 2 rings (SSSR count). The summed E-state index contributed by atoms with van der Waals surface area (Å²) in [5.74, 6) is 0.432. The molecule has 4 heteroatoms. The topological polar surface area (TPSA) is 46.2 Å². The molecule has 1 N–H and O–H groups in total. The Morgan fingerprint density at radius 2 is 1.57 bits per heavy atom. The summed E-state index contributed by atoms with van der Waals surface area (Å²) in [6, 6.07) is 16.9. The van der Waals surface area contributed by atoms with Crippen molar-refractivity contribution in [3.8, 4) is 0 Å². The molecule has 0 heterocycles. The van der Waals surface area contributed by atoms with E-state index in [9.17, 15) is 9.59 Å². The van der Waals surface area contributed by atoms with Crippen LogP contribution in [0.15, 0.2) is 59.5 Å². The lowest BCUT2D eigenvalue weighted by Crippen LogP contribution is -2.27. The van der Waals surface area contributed by atoms with E-state index in [1.165, 1.54) is 11.8 Å². The number of hydrogen-bond acceptors (Lipinski definition) is 3. The number of amides is 1. The number of carbonyl (C=O) groups excluding carboxylic acids is 2. The molecule has 0 bridgehead atoms. The monoisotopic (exact) mass is 327 g/mol. The van der Waals surface area contributed by atoms with Crippen LogP contribution in [0.25, 0.3) is 0 Å². The quantitative estimate of drug-likeness (QED) is 0.642. The third-order valence-electron chi connectivity index (χ3n) is 3.26. The molecular weight excluding hydrogens is 306 g/mol. The lowest BCUT2D eigenvalue weighted by molar-refractivity contribution is -0.123. The zero-order valence-electron chi connectivity index (χ0n) is 13.6. The third-order valence-corrected chi connectivity index (χ3v) is 4.27. The van der Waals surface area contributed by atoms with E-state index in [0.717, 1.165) is 4.90 Å². The second-order valence-corrected chi connectivity index (χ2v) is 7.36. The van der Waals surface area contributed by atoms with E-state index < -0.39 is 5.41 Å². The van der Waals surface area contributed by atoms with Crippen LogP contribution in [0.3, 0.4) is 0 Å². The third kappa shape index (κ3) is 5.25. The van der Waals surface area contributed by atoms with Crippen LogP contribution in [-0.2, 0) is 4.79 Å². The fourth-order valence-electron chi connectivity index (χ4n) is 1.81. The van der Waals surface area contributed by atoms with Crippen LogP contribution in [0.2, 0.25) is 0 Å². The number of anilines is 1. The van der Waals surface area contributed by atoms with Crippen molar-refractivity contribution in [1.82, 2.24) is 0 Å². The lowest BCUT2D eigenvalue weighted by atomic mass is 9.95. The molecule has 0 unspecified atom stereocenters. The minimum Gasteiger partial charge on any atom is -0.326 e. The van der Waals surface area contributed by atoms with Crippen molar-refractivity contribution in [1.29, 1.82) is 0 Å². The Hall–Kier alpha value is -2.07. The molecule has 0 fully saturated rings. The molecule has 120 valence electrons. The fraction of sp³-hybridized carbons (Fsp3) is 0.263. The van der Waals surface area contributed by atoms with Crippen molar-refractivity contribution >= 4 is 29.1 Å². The number of ketones is 1. The van der Waals surface area contributed by atoms with E-state index in [0.29, 0.717) is 17.0 Å². The SMILES string of the molecule is CC(C)(C)C(=O)Nc1ccc(C(=O)CSc2ccccc2)cc1. The summed E-state index contributed by atoms with van der Waals surface area (Å²) in [7, 11) is 0. The van der Waals surface area contributed by atoms with Gasteiger partial charge in [0, 0.05) is 21.6 Å². The van der Waals surface area contributed by atoms with Gasteiger partial charge < -0.3 is 5.32 Å². The van der Waals surface area contributed by atoms with Gasteiger partial charge in [-0.25, -0.2) is 0 Å². The highest BCUT2D eigenvalue weighted by Crippen LogP contribution is 2.20. The Balaban J connectivity index is 1.94. The van der Waals surface area contributed by atoms with Gasteiger partial charge in [-0.3, -0.25) is 9.59 Å². The number of thioether (sulfide) groups is 1. The van der Waals surface area contributed by atoms with Gasteiger partial charge >= 0.3 is 0 Å². The highest BCUT2D eigenvalue weighted by Gasteiger charge is 2.21. The molecule has 0 spiro atoms. The Morgan fingerprint density at radius 1 is 0.957 bits per heavy atom. The number of rotatable bonds is 5. The van der Waals surface area contributed by atoms with Crippen LogP contribution in [0.1, 0.15) is 31.1 Å². The second kappa shape index (κ2) is 7.47. The van der Waals surface area contributed by atoms with Crippen LogP contribution in [0.5, 0.6) is 0 Å². The van der Waals surface area contributed by atoms with Gasteiger partial charge in [-0.2, -0.15) is 0 Å². The van der Waals surface area contributed by atoms with E-state index in [4.69, 9.17) is 0 Å². The molecule has 0 atom stereocenters. The van der Waals surface area contributed by atoms with Gasteiger partial charge in [0.1, 0.15) is 0 Å². The van der Waals surface area contributed by atoms with E-state index in [1.54, 1.807) is 24.3 Å². The molecule has 3 nitrogen and oxygen atoms in total. The van der Waals surface area contributed by atoms with Crippen LogP contribution in [0.4, 0.5) is 5.69 Å². The minimum absolute atomic E-state index is 0.0452. The summed E-state index contributed by atoms with van der Waals surface area (Å²) in [4.78, 5) is 25.2. The molecule has 23 heavy (non-hydrogen) atoms. The number of nitrogens with one attached hydrogen (secondary N) is 1. The van der Waals surface area contributed by atoms with E-state index in [2.05, 4.69) is 5.32 Å². The van der Waals surface area contributed by atoms with Gasteiger partial charge in [0.05, 0.1) is 5.75 Å². The van der Waals surface area contributed by atoms with Crippen molar-refractivity contribution in [2.75, 3.05) is 11.1 Å². The first-order valence-electron chi connectivity index (χ1n) is 7.49. The Morgan fingerprint density at radius 3 is 2.13 bits per heavy atom. The molecule has 0 saturated heterocycles. The first kappa shape index (κ1) is 17.3. The van der Waals surface area contributed by atoms with Crippen molar-refractivity contribution in [2.24, 2.45) is 5.41 Å². The van der Waals surface area contributed by atoms with E-state index in [-0.39, 0.29) is 11.7 Å². The Kier molecular flexibility index (Phi) is 5.61. The smallest absolute Gasteiger partial charge is 0.229 e. The second-order valence-electron chi connectivity index (χ2n) is 6.31. The fourth-order valence-corrected chi connectivity index (χ4v) is 2.62. The summed E-state index contributed by atoms with van der Waals surface area (Å²) in [5, 5.41) is 2.85. The summed E-state index contributed by atoms with van der Waals surface area (Å²) in [6.07, 6.45) is 0. The van der Waals surface area contributed by atoms with Crippen molar-refractivity contribution in [2.45, 2.75) is 25.7 Å². The van der Waals surface area contributed by atoms with E-state index >= 15 is 0 Å². The van der Waals surface area contributed by atoms with Gasteiger partial charge in [0.2, 0.25) is 5.91 Å². The van der Waals surface area contributed by atoms with Gasteiger partial charge in [0.25, 0.3) is 0 Å². The van der Waals surface area contributed by atoms with Crippen LogP contribution in [0, 0.1) is 5.41 Å². The molecule has 1 amide bonds. The van der Waals surface area contributed by atoms with Gasteiger partial charge in [-0.15, -0.1) is 11.8 Å². The van der Waals surface area contributed by atoms with Crippen molar-refractivity contribution < 1.29 is 9.59 Å². The van der Waals surface area contributed by atoms with Crippen molar-refractivity contribution in [3.05, 3.63) is 60.2 Å². The predicted octanol–water partition coefficient (Wildman–Crippen LogP) is 4.65. The maximum atomic E-state index is 12.2. The van der Waals surface area contributed by atoms with Crippen molar-refractivity contribution in [3.63, 3.8) is 0 Å². The average Bonchev–Trinajstić information content (AvgIpc) is 2.53. The predicted molar refractivity (Wildman–Crippen MR) is 96.0 cm³/mol. The van der Waals surface area contributed by atoms with Crippen LogP contribution >= 0.6 is 11.8 Å². The zero-order chi connectivity index (χ0) is 16.9. The summed E-state index contributed by atoms with van der Waals surface area (Å²) in [5.41, 5.74) is 0.917. The largest absolute Gasteiger partial charge is 0.326 e. The van der Waals surface area contributed by atoms with Gasteiger partial charge in [0.15, 0.2) is 5.78 Å². The molecule has 0 aliphatic rings. The molecule has 0 radical (unpaired) electrons. The molecular formula is C19H21NO2S. The average molecular weight is 327 g/mol. The summed E-state index contributed by atoms with van der Waals surface area (Å²) in [6.45, 7) is 5.59. The zero-order valence-corrected chi connectivity index (χ0v) is 14.4. The molecule has 0 aliphatic carbocycles. The number of hydrogen-bond donors (Lipinski definition) is 1. The number of Topliss-reactive ketones (excluding diaryl/α,β-unsaturated/α-hetero) is 1. The number of benzene rings is 2. The Bertz CT molecular complexity index is 673. The highest BCUT2D eigenvalue weighted by molar-refractivity contribution is 8.00. The van der Waals surface area contributed by atoms with Crippen LogP contribution in [-0.4, -0.2) is 17.4 Å². The van der Waals surface area contributed by atoms with Gasteiger partial charge in [-0.05, 0) is 36.4 Å². The molecule has 2 aromatic carbocycles. The summed E-state index contributed by atoms with van der Waals surface area (Å²) >= 11 is 1.52. The molecule has 0 saturated carbocycles. The normalized spacial score (nSPS) is 11.1. The standard InChI is InChI=1S/C19H21NO2S/c1-19(2,3)18(22)20-15-11-9-14(10-12-15)17(21)13-23-16-7-5-4-6-8-16/h4-12H,13H2,1-3H3,(H,20,22). The maximum Gasteiger partial charge on any atom is 0.229 e. The number of carbonyl (C=O) groups is 2. The Labute approximate surface area is 141 Å². The molecule has 0 aliphatic heterocycles. The first-order valence-corrected chi connectivity index (χ1v) is 8.47. The highest BCUT2D eigenvalue weighted by atomic mass is 32.2. The molecule has 0 aromatic heterocycles. The van der Waals surface area contributed by atoms with Gasteiger partial charge in [-0.1, -0.05) is 39.0 Å². The minimum atomic E-state index is -0.444. The van der Waals surface area contributed by atoms with E-state index in [1.807, 2.05) is 51.1 Å². The molecule has 2 aromatic rings. The first-order chi connectivity index (χ1) is 10.9.